The molecule has 16 heavy (non-hydrogen) atoms. The quantitative estimate of drug-likeness (QED) is 0.603. The van der Waals surface area contributed by atoms with Crippen LogP contribution in [-0.4, -0.2) is 40.3 Å². The third-order valence-corrected chi connectivity index (χ3v) is 2.84. The molecule has 1 aromatic heterocycles. The van der Waals surface area contributed by atoms with Gasteiger partial charge in [0.1, 0.15) is 0 Å². The maximum atomic E-state index is 5.93. The summed E-state index contributed by atoms with van der Waals surface area (Å²) >= 11 is 0. The number of nitrogens with zero attached hydrogens (tertiary/aromatic N) is 4. The van der Waals surface area contributed by atoms with Crippen molar-refractivity contribution in [2.24, 2.45) is 10.7 Å². The first-order valence-corrected chi connectivity index (χ1v) is 5.88. The van der Waals surface area contributed by atoms with E-state index in [2.05, 4.69) is 15.0 Å². The van der Waals surface area contributed by atoms with Crippen LogP contribution in [0.2, 0.25) is 0 Å². The molecular formula is C11H19N5. The molecule has 0 aliphatic carbocycles. The molecule has 1 aliphatic rings. The molecule has 0 amide bonds. The Morgan fingerprint density at radius 3 is 2.81 bits per heavy atom. The third-order valence-electron chi connectivity index (χ3n) is 2.84. The van der Waals surface area contributed by atoms with E-state index in [-0.39, 0.29) is 0 Å². The van der Waals surface area contributed by atoms with Crippen LogP contribution in [0.5, 0.6) is 0 Å². The minimum atomic E-state index is 0.687. The van der Waals surface area contributed by atoms with E-state index in [9.17, 15) is 0 Å². The summed E-state index contributed by atoms with van der Waals surface area (Å²) in [6.45, 7) is 3.60. The number of guanidine groups is 1. The highest BCUT2D eigenvalue weighted by Crippen LogP contribution is 2.07. The molecule has 2 rings (SSSR count). The van der Waals surface area contributed by atoms with Gasteiger partial charge in [-0.2, -0.15) is 5.10 Å². The van der Waals surface area contributed by atoms with Crippen LogP contribution < -0.4 is 5.73 Å². The molecule has 1 aliphatic heterocycles. The lowest BCUT2D eigenvalue weighted by Gasteiger charge is -2.27. The molecule has 5 heteroatoms. The third kappa shape index (κ3) is 2.98. The van der Waals surface area contributed by atoms with Crippen molar-refractivity contribution in [3.8, 4) is 0 Å². The number of rotatable bonds is 3. The second-order valence-corrected chi connectivity index (χ2v) is 4.06. The Balaban J connectivity index is 1.77. The SMILES string of the molecule is NC(=NCCn1cccn1)N1CCCCC1. The van der Waals surface area contributed by atoms with E-state index in [0.29, 0.717) is 12.5 Å². The van der Waals surface area contributed by atoms with E-state index in [0.717, 1.165) is 19.6 Å². The summed E-state index contributed by atoms with van der Waals surface area (Å²) in [6, 6.07) is 1.91. The molecule has 1 aromatic rings. The second kappa shape index (κ2) is 5.53. The van der Waals surface area contributed by atoms with Gasteiger partial charge in [-0.25, -0.2) is 0 Å². The van der Waals surface area contributed by atoms with Crippen molar-refractivity contribution in [3.63, 3.8) is 0 Å². The van der Waals surface area contributed by atoms with Crippen molar-refractivity contribution < 1.29 is 0 Å². The number of likely N-dealkylation sites (tertiary alicyclic amines) is 1. The van der Waals surface area contributed by atoms with Gasteiger partial charge in [0, 0.05) is 25.5 Å². The smallest absolute Gasteiger partial charge is 0.191 e. The Morgan fingerprint density at radius 1 is 1.31 bits per heavy atom. The summed E-state index contributed by atoms with van der Waals surface area (Å²) in [4.78, 5) is 6.56. The van der Waals surface area contributed by atoms with Gasteiger partial charge >= 0.3 is 0 Å². The molecule has 0 bridgehead atoms. The number of hydrogen-bond donors (Lipinski definition) is 1. The first-order chi connectivity index (χ1) is 7.86. The fraction of sp³-hybridized carbons (Fsp3) is 0.636. The predicted octanol–water partition coefficient (Wildman–Crippen LogP) is 0.684. The van der Waals surface area contributed by atoms with Crippen LogP contribution in [0.15, 0.2) is 23.5 Å². The van der Waals surface area contributed by atoms with E-state index in [1.807, 2.05) is 16.9 Å². The minimum absolute atomic E-state index is 0.687. The Bertz CT molecular complexity index is 324. The molecule has 0 atom stereocenters. The summed E-state index contributed by atoms with van der Waals surface area (Å²) in [7, 11) is 0. The molecule has 88 valence electrons. The van der Waals surface area contributed by atoms with Gasteiger partial charge in [0.25, 0.3) is 0 Å². The summed E-state index contributed by atoms with van der Waals surface area (Å²) in [5.41, 5.74) is 5.93. The Morgan fingerprint density at radius 2 is 2.12 bits per heavy atom. The van der Waals surface area contributed by atoms with E-state index < -0.39 is 0 Å². The number of nitrogens with two attached hydrogens (primary N) is 1. The highest BCUT2D eigenvalue weighted by molar-refractivity contribution is 5.78. The van der Waals surface area contributed by atoms with Crippen molar-refractivity contribution in [3.05, 3.63) is 18.5 Å². The Hall–Kier alpha value is -1.52. The molecular weight excluding hydrogens is 202 g/mol. The fourth-order valence-corrected chi connectivity index (χ4v) is 1.92. The molecule has 1 saturated heterocycles. The standard InChI is InChI=1S/C11H19N5/c12-11(15-7-2-1-3-8-15)13-6-10-16-9-4-5-14-16/h4-5,9H,1-3,6-8,10H2,(H2,12,13). The zero-order valence-corrected chi connectivity index (χ0v) is 9.55. The molecule has 2 heterocycles. The highest BCUT2D eigenvalue weighted by atomic mass is 15.3. The summed E-state index contributed by atoms with van der Waals surface area (Å²) in [5, 5.41) is 4.12. The van der Waals surface area contributed by atoms with Gasteiger partial charge < -0.3 is 10.6 Å². The van der Waals surface area contributed by atoms with Crippen LogP contribution in [0, 0.1) is 0 Å². The Kier molecular flexibility index (Phi) is 3.80. The molecule has 2 N–H and O–H groups in total. The van der Waals surface area contributed by atoms with Crippen LogP contribution in [-0.2, 0) is 6.54 Å². The van der Waals surface area contributed by atoms with E-state index in [1.165, 1.54) is 19.3 Å². The van der Waals surface area contributed by atoms with Crippen LogP contribution in [0.25, 0.3) is 0 Å². The second-order valence-electron chi connectivity index (χ2n) is 4.06. The van der Waals surface area contributed by atoms with Crippen molar-refractivity contribution in [1.82, 2.24) is 14.7 Å². The van der Waals surface area contributed by atoms with Gasteiger partial charge in [-0.1, -0.05) is 0 Å². The maximum Gasteiger partial charge on any atom is 0.191 e. The summed E-state index contributed by atoms with van der Waals surface area (Å²) in [5.74, 6) is 0.687. The fourth-order valence-electron chi connectivity index (χ4n) is 1.92. The van der Waals surface area contributed by atoms with E-state index >= 15 is 0 Å². The Labute approximate surface area is 95.9 Å². The molecule has 0 unspecified atom stereocenters. The van der Waals surface area contributed by atoms with Crippen LogP contribution in [0.1, 0.15) is 19.3 Å². The summed E-state index contributed by atoms with van der Waals surface area (Å²) < 4.78 is 1.87. The average Bonchev–Trinajstić information content (AvgIpc) is 2.83. The molecule has 0 radical (unpaired) electrons. The first kappa shape index (κ1) is 11.0. The van der Waals surface area contributed by atoms with Gasteiger partial charge in [0.15, 0.2) is 5.96 Å². The number of hydrogen-bond acceptors (Lipinski definition) is 2. The van der Waals surface area contributed by atoms with Crippen molar-refractivity contribution >= 4 is 5.96 Å². The maximum absolute atomic E-state index is 5.93. The van der Waals surface area contributed by atoms with E-state index in [1.54, 1.807) is 6.20 Å². The molecule has 0 saturated carbocycles. The van der Waals surface area contributed by atoms with E-state index in [4.69, 9.17) is 5.73 Å². The first-order valence-electron chi connectivity index (χ1n) is 5.88. The van der Waals surface area contributed by atoms with Gasteiger partial charge in [-0.05, 0) is 25.3 Å². The lowest BCUT2D eigenvalue weighted by Crippen LogP contribution is -2.41. The summed E-state index contributed by atoms with van der Waals surface area (Å²) in [6.07, 6.45) is 7.49. The zero-order valence-electron chi connectivity index (χ0n) is 9.55. The lowest BCUT2D eigenvalue weighted by atomic mass is 10.1. The van der Waals surface area contributed by atoms with Gasteiger partial charge in [-0.15, -0.1) is 0 Å². The van der Waals surface area contributed by atoms with Gasteiger partial charge in [0.2, 0.25) is 0 Å². The van der Waals surface area contributed by atoms with Gasteiger partial charge in [0.05, 0.1) is 13.1 Å². The topological polar surface area (TPSA) is 59.4 Å². The monoisotopic (exact) mass is 221 g/mol. The molecule has 5 nitrogen and oxygen atoms in total. The van der Waals surface area contributed by atoms with Crippen molar-refractivity contribution in [2.45, 2.75) is 25.8 Å². The van der Waals surface area contributed by atoms with Crippen molar-refractivity contribution in [2.75, 3.05) is 19.6 Å². The average molecular weight is 221 g/mol. The molecule has 0 aromatic carbocycles. The lowest BCUT2D eigenvalue weighted by molar-refractivity contribution is 0.338. The van der Waals surface area contributed by atoms with Gasteiger partial charge in [-0.3, -0.25) is 9.67 Å². The predicted molar refractivity (Wildman–Crippen MR) is 64.1 cm³/mol. The molecule has 1 fully saturated rings. The molecule has 0 spiro atoms. The minimum Gasteiger partial charge on any atom is -0.370 e. The highest BCUT2D eigenvalue weighted by Gasteiger charge is 2.11. The largest absolute Gasteiger partial charge is 0.370 e. The number of piperidine rings is 1. The van der Waals surface area contributed by atoms with Crippen LogP contribution >= 0.6 is 0 Å². The van der Waals surface area contributed by atoms with Crippen molar-refractivity contribution in [1.29, 1.82) is 0 Å². The zero-order chi connectivity index (χ0) is 11.2. The van der Waals surface area contributed by atoms with Crippen LogP contribution in [0.4, 0.5) is 0 Å². The number of aliphatic imine (C=N–C) groups is 1. The van der Waals surface area contributed by atoms with Crippen LogP contribution in [0.3, 0.4) is 0 Å². The normalized spacial score (nSPS) is 17.8. The number of aromatic nitrogens is 2.